The van der Waals surface area contributed by atoms with Gasteiger partial charge in [0, 0.05) is 17.3 Å². The molecule has 0 radical (unpaired) electrons. The molecule has 0 bridgehead atoms. The highest BCUT2D eigenvalue weighted by atomic mass is 35.5. The van der Waals surface area contributed by atoms with Gasteiger partial charge in [-0.05, 0) is 25.1 Å². The van der Waals surface area contributed by atoms with Crippen molar-refractivity contribution >= 4 is 38.7 Å². The van der Waals surface area contributed by atoms with E-state index in [0.29, 0.717) is 6.54 Å². The maximum absolute atomic E-state index is 12.1. The normalized spacial score (nSPS) is 11.4. The van der Waals surface area contributed by atoms with Crippen LogP contribution in [0.25, 0.3) is 0 Å². The van der Waals surface area contributed by atoms with Gasteiger partial charge in [0.15, 0.2) is 9.84 Å². The van der Waals surface area contributed by atoms with Crippen molar-refractivity contribution in [3.05, 3.63) is 44.9 Å². The van der Waals surface area contributed by atoms with Crippen molar-refractivity contribution in [3.63, 3.8) is 0 Å². The van der Waals surface area contributed by atoms with Crippen LogP contribution < -0.4 is 5.32 Å². The van der Waals surface area contributed by atoms with Crippen LogP contribution in [-0.4, -0.2) is 25.6 Å². The molecular weight excluding hydrogens is 332 g/mol. The average Bonchev–Trinajstić information content (AvgIpc) is 2.81. The predicted molar refractivity (Wildman–Crippen MR) is 82.6 cm³/mol. The van der Waals surface area contributed by atoms with Gasteiger partial charge >= 0.3 is 0 Å². The molecule has 0 spiro atoms. The van der Waals surface area contributed by atoms with Gasteiger partial charge in [0.25, 0.3) is 5.91 Å². The maximum Gasteiger partial charge on any atom is 0.253 e. The zero-order chi connectivity index (χ0) is 15.6. The van der Waals surface area contributed by atoms with Crippen molar-refractivity contribution in [1.82, 2.24) is 10.3 Å². The highest BCUT2D eigenvalue weighted by molar-refractivity contribution is 7.90. The molecule has 0 aliphatic heterocycles. The van der Waals surface area contributed by atoms with E-state index in [2.05, 4.69) is 10.3 Å². The Balaban J connectivity index is 2.18. The van der Waals surface area contributed by atoms with E-state index in [4.69, 9.17) is 11.6 Å². The summed E-state index contributed by atoms with van der Waals surface area (Å²) in [6, 6.07) is 4.07. The highest BCUT2D eigenvalue weighted by Gasteiger charge is 2.15. The molecule has 1 heterocycles. The van der Waals surface area contributed by atoms with E-state index in [1.807, 2.05) is 6.92 Å². The molecular formula is C13H13ClN2O3S2. The maximum atomic E-state index is 12.1. The predicted octanol–water partition coefficient (Wildman–Crippen LogP) is 2.44. The van der Waals surface area contributed by atoms with Crippen molar-refractivity contribution in [2.45, 2.75) is 18.4 Å². The van der Waals surface area contributed by atoms with Gasteiger partial charge in [-0.2, -0.15) is 0 Å². The van der Waals surface area contributed by atoms with Gasteiger partial charge in [-0.15, -0.1) is 11.3 Å². The summed E-state index contributed by atoms with van der Waals surface area (Å²) >= 11 is 7.44. The standard InChI is InChI=1S/C13H13ClN2O3S2/c1-8-15-6-9(20-8)7-16-13(17)11-5-10(21(2,18)19)3-4-12(11)14/h3-6H,7H2,1-2H3,(H,16,17). The Kier molecular flexibility index (Phi) is 4.65. The molecule has 0 aliphatic carbocycles. The lowest BCUT2D eigenvalue weighted by Crippen LogP contribution is -2.23. The Morgan fingerprint density at radius 2 is 2.14 bits per heavy atom. The van der Waals surface area contributed by atoms with Crippen LogP contribution in [0.15, 0.2) is 29.3 Å². The molecule has 2 rings (SSSR count). The molecule has 112 valence electrons. The third kappa shape index (κ3) is 4.03. The van der Waals surface area contributed by atoms with Gasteiger partial charge in [0.05, 0.1) is 27.0 Å². The minimum Gasteiger partial charge on any atom is -0.347 e. The summed E-state index contributed by atoms with van der Waals surface area (Å²) in [7, 11) is -3.39. The number of benzene rings is 1. The zero-order valence-corrected chi connectivity index (χ0v) is 13.8. The van der Waals surface area contributed by atoms with Gasteiger partial charge in [0.2, 0.25) is 0 Å². The number of nitrogens with one attached hydrogen (secondary N) is 1. The molecule has 5 nitrogen and oxygen atoms in total. The van der Waals surface area contributed by atoms with E-state index in [9.17, 15) is 13.2 Å². The molecule has 2 aromatic rings. The first-order valence-electron chi connectivity index (χ1n) is 5.96. The molecule has 0 unspecified atom stereocenters. The fraction of sp³-hybridized carbons (Fsp3) is 0.231. The Morgan fingerprint density at radius 1 is 1.43 bits per heavy atom. The fourth-order valence-corrected chi connectivity index (χ4v) is 3.24. The quantitative estimate of drug-likeness (QED) is 0.924. The van der Waals surface area contributed by atoms with Gasteiger partial charge in [-0.3, -0.25) is 4.79 Å². The number of sulfone groups is 1. The Hall–Kier alpha value is -1.44. The van der Waals surface area contributed by atoms with E-state index in [-0.39, 0.29) is 15.5 Å². The van der Waals surface area contributed by atoms with Crippen molar-refractivity contribution in [2.24, 2.45) is 0 Å². The molecule has 8 heteroatoms. The van der Waals surface area contributed by atoms with Crippen LogP contribution in [0.5, 0.6) is 0 Å². The van der Waals surface area contributed by atoms with Crippen LogP contribution in [-0.2, 0) is 16.4 Å². The second kappa shape index (κ2) is 6.13. The highest BCUT2D eigenvalue weighted by Crippen LogP contribution is 2.21. The van der Waals surface area contributed by atoms with Crippen molar-refractivity contribution in [2.75, 3.05) is 6.26 Å². The number of aryl methyl sites for hydroxylation is 1. The number of aromatic nitrogens is 1. The third-order valence-electron chi connectivity index (χ3n) is 2.70. The second-order valence-electron chi connectivity index (χ2n) is 4.44. The topological polar surface area (TPSA) is 76.1 Å². The van der Waals surface area contributed by atoms with Gasteiger partial charge < -0.3 is 5.32 Å². The number of thiazole rings is 1. The number of hydrogen-bond acceptors (Lipinski definition) is 5. The Bertz CT molecular complexity index is 784. The lowest BCUT2D eigenvalue weighted by molar-refractivity contribution is 0.0951. The average molecular weight is 345 g/mol. The van der Waals surface area contributed by atoms with Crippen molar-refractivity contribution in [1.29, 1.82) is 0 Å². The molecule has 0 fully saturated rings. The summed E-state index contributed by atoms with van der Waals surface area (Å²) in [5.74, 6) is -0.420. The van der Waals surface area contributed by atoms with Gasteiger partial charge in [-0.1, -0.05) is 11.6 Å². The number of nitrogens with zero attached hydrogens (tertiary/aromatic N) is 1. The van der Waals surface area contributed by atoms with Gasteiger partial charge in [0.1, 0.15) is 0 Å². The van der Waals surface area contributed by atoms with E-state index < -0.39 is 15.7 Å². The first-order valence-corrected chi connectivity index (χ1v) is 9.05. The first-order chi connectivity index (χ1) is 9.77. The van der Waals surface area contributed by atoms with E-state index in [0.717, 1.165) is 16.1 Å². The first kappa shape index (κ1) is 15.9. The zero-order valence-electron chi connectivity index (χ0n) is 11.4. The molecule has 0 atom stereocenters. The molecule has 0 saturated carbocycles. The molecule has 1 amide bonds. The Labute approximate surface area is 131 Å². The summed E-state index contributed by atoms with van der Waals surface area (Å²) in [5, 5.41) is 3.82. The number of carbonyl (C=O) groups is 1. The SMILES string of the molecule is Cc1ncc(CNC(=O)c2cc(S(C)(=O)=O)ccc2Cl)s1. The minimum atomic E-state index is -3.39. The summed E-state index contributed by atoms with van der Waals surface area (Å²) in [6.45, 7) is 2.20. The molecule has 1 N–H and O–H groups in total. The number of halogens is 1. The third-order valence-corrected chi connectivity index (χ3v) is 5.06. The largest absolute Gasteiger partial charge is 0.347 e. The Morgan fingerprint density at radius 3 is 2.71 bits per heavy atom. The molecule has 0 aliphatic rings. The summed E-state index contributed by atoms with van der Waals surface area (Å²) < 4.78 is 23.0. The fourth-order valence-electron chi connectivity index (χ4n) is 1.66. The van der Waals surface area contributed by atoms with Crippen LogP contribution in [0.4, 0.5) is 0 Å². The summed E-state index contributed by atoms with van der Waals surface area (Å²) in [4.78, 5) is 17.2. The van der Waals surface area contributed by atoms with E-state index >= 15 is 0 Å². The van der Waals surface area contributed by atoms with Crippen molar-refractivity contribution in [3.8, 4) is 0 Å². The number of rotatable bonds is 4. The summed E-state index contributed by atoms with van der Waals surface area (Å²) in [6.07, 6.45) is 2.77. The number of carbonyl (C=O) groups excluding carboxylic acids is 1. The number of hydrogen-bond donors (Lipinski definition) is 1. The molecule has 1 aromatic heterocycles. The molecule has 21 heavy (non-hydrogen) atoms. The molecule has 0 saturated heterocycles. The number of amides is 1. The van der Waals surface area contributed by atoms with E-state index in [1.165, 1.54) is 29.5 Å². The van der Waals surface area contributed by atoms with Crippen molar-refractivity contribution < 1.29 is 13.2 Å². The van der Waals surface area contributed by atoms with Crippen LogP contribution in [0.3, 0.4) is 0 Å². The van der Waals surface area contributed by atoms with Crippen LogP contribution in [0.1, 0.15) is 20.2 Å². The lowest BCUT2D eigenvalue weighted by Gasteiger charge is -2.07. The van der Waals surface area contributed by atoms with Crippen LogP contribution in [0.2, 0.25) is 5.02 Å². The van der Waals surface area contributed by atoms with Gasteiger partial charge in [-0.25, -0.2) is 13.4 Å². The van der Waals surface area contributed by atoms with Crippen LogP contribution in [0, 0.1) is 6.92 Å². The van der Waals surface area contributed by atoms with Crippen LogP contribution >= 0.6 is 22.9 Å². The lowest BCUT2D eigenvalue weighted by atomic mass is 10.2. The van der Waals surface area contributed by atoms with E-state index in [1.54, 1.807) is 6.20 Å². The summed E-state index contributed by atoms with van der Waals surface area (Å²) in [5.41, 5.74) is 0.140. The smallest absolute Gasteiger partial charge is 0.253 e. The monoisotopic (exact) mass is 344 g/mol. The minimum absolute atomic E-state index is 0.0608. The molecule has 1 aromatic carbocycles. The second-order valence-corrected chi connectivity index (χ2v) is 8.18.